The molecule has 132 valence electrons. The third-order valence-corrected chi connectivity index (χ3v) is 4.69. The van der Waals surface area contributed by atoms with E-state index in [0.29, 0.717) is 0 Å². The molecule has 1 heterocycles. The standard InChI is InChI=1S/C22H28N2O/c25-22-12-15-24(16-13-22)18-21-10-8-20(9-11-21)17-23-14-4-7-19-5-2-1-3-6-19/h1-11,22-23,25H,12-18H2/b7-4-. The van der Waals surface area contributed by atoms with E-state index in [9.17, 15) is 5.11 Å². The Bertz CT molecular complexity index is 643. The van der Waals surface area contributed by atoms with Crippen LogP contribution in [0.4, 0.5) is 0 Å². The highest BCUT2D eigenvalue weighted by atomic mass is 16.3. The van der Waals surface area contributed by atoms with Gasteiger partial charge >= 0.3 is 0 Å². The van der Waals surface area contributed by atoms with E-state index in [0.717, 1.165) is 45.6 Å². The molecule has 3 rings (SSSR count). The van der Waals surface area contributed by atoms with Crippen LogP contribution in [0.2, 0.25) is 0 Å². The molecular weight excluding hydrogens is 308 g/mol. The fraction of sp³-hybridized carbons (Fsp3) is 0.364. The highest BCUT2D eigenvalue weighted by molar-refractivity contribution is 5.48. The molecule has 0 bridgehead atoms. The quantitative estimate of drug-likeness (QED) is 0.760. The maximum atomic E-state index is 9.58. The largest absolute Gasteiger partial charge is 0.393 e. The Morgan fingerprint density at radius 2 is 1.64 bits per heavy atom. The molecule has 0 saturated carbocycles. The number of nitrogens with zero attached hydrogens (tertiary/aromatic N) is 1. The molecule has 1 fully saturated rings. The molecule has 2 aromatic carbocycles. The lowest BCUT2D eigenvalue weighted by Gasteiger charge is -2.29. The Balaban J connectivity index is 1.38. The molecule has 25 heavy (non-hydrogen) atoms. The third kappa shape index (κ3) is 6.13. The zero-order valence-electron chi connectivity index (χ0n) is 14.8. The summed E-state index contributed by atoms with van der Waals surface area (Å²) in [4.78, 5) is 2.42. The van der Waals surface area contributed by atoms with Gasteiger partial charge in [-0.1, -0.05) is 66.7 Å². The van der Waals surface area contributed by atoms with E-state index in [1.165, 1.54) is 16.7 Å². The van der Waals surface area contributed by atoms with E-state index in [-0.39, 0.29) is 6.10 Å². The number of hydrogen-bond donors (Lipinski definition) is 2. The minimum atomic E-state index is -0.0966. The van der Waals surface area contributed by atoms with Gasteiger partial charge in [0.2, 0.25) is 0 Å². The number of hydrogen-bond acceptors (Lipinski definition) is 3. The molecule has 2 aromatic rings. The van der Waals surface area contributed by atoms with E-state index in [4.69, 9.17) is 0 Å². The van der Waals surface area contributed by atoms with E-state index in [2.05, 4.69) is 70.9 Å². The summed E-state index contributed by atoms with van der Waals surface area (Å²) >= 11 is 0. The molecular formula is C22H28N2O. The lowest BCUT2D eigenvalue weighted by atomic mass is 10.1. The average Bonchev–Trinajstić information content (AvgIpc) is 2.65. The summed E-state index contributed by atoms with van der Waals surface area (Å²) in [6.45, 7) is 4.73. The Kier molecular flexibility index (Phi) is 6.80. The second-order valence-electron chi connectivity index (χ2n) is 6.77. The maximum Gasteiger partial charge on any atom is 0.0564 e. The monoisotopic (exact) mass is 336 g/mol. The molecule has 0 aliphatic carbocycles. The SMILES string of the molecule is OC1CCN(Cc2ccc(CNC/C=C\c3ccccc3)cc2)CC1. The van der Waals surface area contributed by atoms with Crippen molar-refractivity contribution in [3.05, 3.63) is 77.4 Å². The first-order chi connectivity index (χ1) is 12.3. The van der Waals surface area contributed by atoms with Gasteiger partial charge in [-0.2, -0.15) is 0 Å². The van der Waals surface area contributed by atoms with Crippen molar-refractivity contribution in [2.24, 2.45) is 0 Å². The minimum Gasteiger partial charge on any atom is -0.393 e. The summed E-state index contributed by atoms with van der Waals surface area (Å²) in [5.74, 6) is 0. The Morgan fingerprint density at radius 1 is 0.960 bits per heavy atom. The van der Waals surface area contributed by atoms with Crippen LogP contribution < -0.4 is 5.32 Å². The van der Waals surface area contributed by atoms with Crippen molar-refractivity contribution >= 4 is 6.08 Å². The highest BCUT2D eigenvalue weighted by Crippen LogP contribution is 2.14. The average molecular weight is 336 g/mol. The number of rotatable bonds is 7. The topological polar surface area (TPSA) is 35.5 Å². The normalized spacial score (nSPS) is 16.5. The van der Waals surface area contributed by atoms with Gasteiger partial charge in [-0.05, 0) is 29.5 Å². The van der Waals surface area contributed by atoms with Gasteiger partial charge in [0.25, 0.3) is 0 Å². The Labute approximate surface area is 151 Å². The summed E-state index contributed by atoms with van der Waals surface area (Å²) in [6, 6.07) is 19.2. The van der Waals surface area contributed by atoms with Crippen LogP contribution in [-0.2, 0) is 13.1 Å². The first-order valence-electron chi connectivity index (χ1n) is 9.20. The van der Waals surface area contributed by atoms with Gasteiger partial charge in [0.1, 0.15) is 0 Å². The summed E-state index contributed by atoms with van der Waals surface area (Å²) in [5, 5.41) is 13.0. The molecule has 3 heteroatoms. The van der Waals surface area contributed by atoms with E-state index < -0.39 is 0 Å². The van der Waals surface area contributed by atoms with Gasteiger partial charge in [-0.25, -0.2) is 0 Å². The van der Waals surface area contributed by atoms with Crippen LogP contribution in [0.1, 0.15) is 29.5 Å². The van der Waals surface area contributed by atoms with Crippen molar-refractivity contribution in [1.82, 2.24) is 10.2 Å². The van der Waals surface area contributed by atoms with Crippen LogP contribution in [0.3, 0.4) is 0 Å². The fourth-order valence-corrected chi connectivity index (χ4v) is 3.16. The molecule has 3 nitrogen and oxygen atoms in total. The predicted molar refractivity (Wildman–Crippen MR) is 104 cm³/mol. The van der Waals surface area contributed by atoms with E-state index >= 15 is 0 Å². The molecule has 1 saturated heterocycles. The fourth-order valence-electron chi connectivity index (χ4n) is 3.16. The van der Waals surface area contributed by atoms with Crippen LogP contribution in [0.5, 0.6) is 0 Å². The van der Waals surface area contributed by atoms with Gasteiger partial charge in [-0.15, -0.1) is 0 Å². The summed E-state index contributed by atoms with van der Waals surface area (Å²) in [6.07, 6.45) is 6.01. The lowest BCUT2D eigenvalue weighted by Crippen LogP contribution is -2.35. The minimum absolute atomic E-state index is 0.0966. The number of likely N-dealkylation sites (tertiary alicyclic amines) is 1. The number of aliphatic hydroxyl groups is 1. The smallest absolute Gasteiger partial charge is 0.0564 e. The van der Waals surface area contributed by atoms with Crippen LogP contribution in [0.15, 0.2) is 60.7 Å². The van der Waals surface area contributed by atoms with Gasteiger partial charge in [0, 0.05) is 32.7 Å². The van der Waals surface area contributed by atoms with Crippen molar-refractivity contribution in [2.45, 2.75) is 32.0 Å². The van der Waals surface area contributed by atoms with Gasteiger partial charge in [-0.3, -0.25) is 4.90 Å². The maximum absolute atomic E-state index is 9.58. The third-order valence-electron chi connectivity index (χ3n) is 4.69. The lowest BCUT2D eigenvalue weighted by molar-refractivity contribution is 0.0792. The summed E-state index contributed by atoms with van der Waals surface area (Å²) in [5.41, 5.74) is 3.90. The molecule has 2 N–H and O–H groups in total. The number of piperidine rings is 1. The van der Waals surface area contributed by atoms with Crippen LogP contribution >= 0.6 is 0 Å². The van der Waals surface area contributed by atoms with E-state index in [1.807, 2.05) is 6.07 Å². The highest BCUT2D eigenvalue weighted by Gasteiger charge is 2.16. The zero-order chi connectivity index (χ0) is 17.3. The molecule has 0 aromatic heterocycles. The molecule has 0 unspecified atom stereocenters. The number of benzene rings is 2. The summed E-state index contributed by atoms with van der Waals surface area (Å²) < 4.78 is 0. The van der Waals surface area contributed by atoms with Crippen molar-refractivity contribution < 1.29 is 5.11 Å². The van der Waals surface area contributed by atoms with E-state index in [1.54, 1.807) is 0 Å². The van der Waals surface area contributed by atoms with Crippen molar-refractivity contribution in [2.75, 3.05) is 19.6 Å². The van der Waals surface area contributed by atoms with Crippen LogP contribution in [-0.4, -0.2) is 35.7 Å². The van der Waals surface area contributed by atoms with Crippen molar-refractivity contribution in [1.29, 1.82) is 0 Å². The number of aliphatic hydroxyl groups excluding tert-OH is 1. The number of nitrogens with one attached hydrogen (secondary N) is 1. The zero-order valence-corrected chi connectivity index (χ0v) is 14.8. The first kappa shape index (κ1) is 17.9. The molecule has 0 atom stereocenters. The van der Waals surface area contributed by atoms with Crippen molar-refractivity contribution in [3.63, 3.8) is 0 Å². The predicted octanol–water partition coefficient (Wildman–Crippen LogP) is 3.45. The first-order valence-corrected chi connectivity index (χ1v) is 9.20. The molecule has 0 amide bonds. The van der Waals surface area contributed by atoms with Crippen LogP contribution in [0, 0.1) is 0 Å². The Hall–Kier alpha value is -1.94. The molecule has 0 radical (unpaired) electrons. The molecule has 1 aliphatic heterocycles. The van der Waals surface area contributed by atoms with Crippen LogP contribution in [0.25, 0.3) is 6.08 Å². The Morgan fingerprint density at radius 3 is 2.36 bits per heavy atom. The van der Waals surface area contributed by atoms with Gasteiger partial charge in [0.15, 0.2) is 0 Å². The molecule has 0 spiro atoms. The second kappa shape index (κ2) is 9.52. The van der Waals surface area contributed by atoms with Gasteiger partial charge in [0.05, 0.1) is 6.10 Å². The second-order valence-corrected chi connectivity index (χ2v) is 6.77. The van der Waals surface area contributed by atoms with Gasteiger partial charge < -0.3 is 10.4 Å². The summed E-state index contributed by atoms with van der Waals surface area (Å²) in [7, 11) is 0. The molecule has 1 aliphatic rings. The van der Waals surface area contributed by atoms with Crippen molar-refractivity contribution in [3.8, 4) is 0 Å².